The Morgan fingerprint density at radius 1 is 1.04 bits per heavy atom. The van der Waals surface area contributed by atoms with Gasteiger partial charge >= 0.3 is 0 Å². The quantitative estimate of drug-likeness (QED) is 0.514. The zero-order chi connectivity index (χ0) is 19.3. The Hall–Kier alpha value is -3.48. The van der Waals surface area contributed by atoms with E-state index >= 15 is 0 Å². The molecule has 0 aliphatic heterocycles. The van der Waals surface area contributed by atoms with Crippen molar-refractivity contribution in [1.29, 1.82) is 0 Å². The van der Waals surface area contributed by atoms with Gasteiger partial charge in [-0.05, 0) is 42.8 Å². The van der Waals surface area contributed by atoms with Crippen molar-refractivity contribution in [2.75, 3.05) is 5.32 Å². The van der Waals surface area contributed by atoms with Crippen molar-refractivity contribution < 1.29 is 13.7 Å². The van der Waals surface area contributed by atoms with Gasteiger partial charge in [-0.15, -0.1) is 0 Å². The average Bonchev–Trinajstić information content (AvgIpc) is 3.34. The highest BCUT2D eigenvalue weighted by Gasteiger charge is 2.10. The average molecular weight is 376 g/mol. The van der Waals surface area contributed by atoms with Crippen LogP contribution >= 0.6 is 0 Å². The van der Waals surface area contributed by atoms with Crippen molar-refractivity contribution in [2.45, 2.75) is 32.6 Å². The lowest BCUT2D eigenvalue weighted by atomic mass is 10.2. The molecule has 0 atom stereocenters. The zero-order valence-corrected chi connectivity index (χ0v) is 15.5. The third kappa shape index (κ3) is 4.09. The molecule has 0 bridgehead atoms. The van der Waals surface area contributed by atoms with E-state index in [1.807, 2.05) is 48.5 Å². The molecule has 0 spiro atoms. The van der Waals surface area contributed by atoms with E-state index in [0.29, 0.717) is 29.7 Å². The van der Waals surface area contributed by atoms with Gasteiger partial charge in [0, 0.05) is 30.5 Å². The van der Waals surface area contributed by atoms with Crippen molar-refractivity contribution in [2.24, 2.45) is 0 Å². The molecule has 142 valence electrons. The van der Waals surface area contributed by atoms with Crippen LogP contribution in [-0.4, -0.2) is 21.0 Å². The molecule has 0 aliphatic rings. The van der Waals surface area contributed by atoms with Crippen LogP contribution in [0, 0.1) is 0 Å². The van der Waals surface area contributed by atoms with E-state index in [1.54, 1.807) is 0 Å². The summed E-state index contributed by atoms with van der Waals surface area (Å²) in [6.45, 7) is 2.05. The monoisotopic (exact) mass is 376 g/mol. The highest BCUT2D eigenvalue weighted by atomic mass is 16.5. The highest BCUT2D eigenvalue weighted by Crippen LogP contribution is 2.25. The lowest BCUT2D eigenvalue weighted by Crippen LogP contribution is -2.12. The van der Waals surface area contributed by atoms with Gasteiger partial charge in [0.05, 0.1) is 0 Å². The molecule has 0 saturated carbocycles. The van der Waals surface area contributed by atoms with E-state index in [9.17, 15) is 4.79 Å². The summed E-state index contributed by atoms with van der Waals surface area (Å²) in [6.07, 6.45) is 2.44. The van der Waals surface area contributed by atoms with Crippen molar-refractivity contribution in [1.82, 2.24) is 15.1 Å². The number of rotatable bonds is 7. The molecule has 7 nitrogen and oxygen atoms in total. The second-order valence-corrected chi connectivity index (χ2v) is 6.47. The second-order valence-electron chi connectivity index (χ2n) is 6.47. The third-order valence-corrected chi connectivity index (χ3v) is 4.26. The van der Waals surface area contributed by atoms with Crippen LogP contribution < -0.4 is 5.32 Å². The summed E-state index contributed by atoms with van der Waals surface area (Å²) in [7, 11) is 0. The van der Waals surface area contributed by atoms with Gasteiger partial charge in [0.15, 0.2) is 11.4 Å². The van der Waals surface area contributed by atoms with Crippen LogP contribution in [0.15, 0.2) is 57.5 Å². The molecular weight excluding hydrogens is 356 g/mol. The maximum atomic E-state index is 12.2. The normalized spacial score (nSPS) is 11.0. The second kappa shape index (κ2) is 8.04. The number of hydrogen-bond donors (Lipinski definition) is 1. The summed E-state index contributed by atoms with van der Waals surface area (Å²) in [5.74, 6) is 1.63. The summed E-state index contributed by atoms with van der Waals surface area (Å²) in [4.78, 5) is 20.9. The third-order valence-electron chi connectivity index (χ3n) is 4.26. The van der Waals surface area contributed by atoms with Gasteiger partial charge < -0.3 is 14.3 Å². The molecule has 7 heteroatoms. The number of oxazole rings is 1. The molecule has 2 aromatic heterocycles. The highest BCUT2D eigenvalue weighted by molar-refractivity contribution is 5.91. The van der Waals surface area contributed by atoms with E-state index in [-0.39, 0.29) is 12.3 Å². The van der Waals surface area contributed by atoms with E-state index in [1.165, 1.54) is 0 Å². The zero-order valence-electron chi connectivity index (χ0n) is 15.5. The smallest absolute Gasteiger partial charge is 0.227 e. The Bertz CT molecular complexity index is 1050. The number of amides is 1. The summed E-state index contributed by atoms with van der Waals surface area (Å²) < 4.78 is 10.9. The number of para-hydroxylation sites is 2. The van der Waals surface area contributed by atoms with Crippen molar-refractivity contribution in [3.8, 4) is 11.5 Å². The van der Waals surface area contributed by atoms with E-state index in [4.69, 9.17) is 8.94 Å². The lowest BCUT2D eigenvalue weighted by Gasteiger charge is -2.04. The van der Waals surface area contributed by atoms with Crippen LogP contribution in [0.2, 0.25) is 0 Å². The first kappa shape index (κ1) is 17.9. The van der Waals surface area contributed by atoms with Gasteiger partial charge in [0.25, 0.3) is 0 Å². The number of anilines is 1. The van der Waals surface area contributed by atoms with Gasteiger partial charge in [0.2, 0.25) is 17.7 Å². The van der Waals surface area contributed by atoms with Crippen molar-refractivity contribution in [3.05, 3.63) is 60.2 Å². The maximum Gasteiger partial charge on any atom is 0.227 e. The van der Waals surface area contributed by atoms with Gasteiger partial charge in [-0.1, -0.05) is 24.2 Å². The summed E-state index contributed by atoms with van der Waals surface area (Å²) in [5, 5.41) is 6.76. The van der Waals surface area contributed by atoms with Crippen molar-refractivity contribution >= 4 is 22.7 Å². The number of aromatic nitrogens is 3. The number of nitrogens with zero attached hydrogens (tertiary/aromatic N) is 3. The fraction of sp³-hybridized carbons (Fsp3) is 0.238. The predicted octanol–water partition coefficient (Wildman–Crippen LogP) is 4.40. The van der Waals surface area contributed by atoms with Crippen LogP contribution in [0.25, 0.3) is 22.6 Å². The van der Waals surface area contributed by atoms with Gasteiger partial charge in [-0.25, -0.2) is 4.98 Å². The van der Waals surface area contributed by atoms with Crippen LogP contribution in [0.3, 0.4) is 0 Å². The summed E-state index contributed by atoms with van der Waals surface area (Å²) >= 11 is 0. The van der Waals surface area contributed by atoms with E-state index in [0.717, 1.165) is 29.5 Å². The van der Waals surface area contributed by atoms with Crippen LogP contribution in [0.1, 0.15) is 31.5 Å². The topological polar surface area (TPSA) is 94.1 Å². The fourth-order valence-electron chi connectivity index (χ4n) is 2.85. The number of fused-ring (bicyclic) bond motifs is 1. The molecule has 2 heterocycles. The number of nitrogens with one attached hydrogen (secondary N) is 1. The maximum absolute atomic E-state index is 12.2. The number of benzene rings is 2. The molecule has 1 N–H and O–H groups in total. The minimum absolute atomic E-state index is 0.107. The predicted molar refractivity (Wildman–Crippen MR) is 105 cm³/mol. The number of carbonyl (C=O) groups is 1. The van der Waals surface area contributed by atoms with Crippen LogP contribution in [-0.2, 0) is 17.6 Å². The molecule has 0 radical (unpaired) electrons. The molecule has 28 heavy (non-hydrogen) atoms. The van der Waals surface area contributed by atoms with E-state index < -0.39 is 0 Å². The number of hydrogen-bond acceptors (Lipinski definition) is 6. The van der Waals surface area contributed by atoms with Crippen LogP contribution in [0.5, 0.6) is 0 Å². The molecule has 4 aromatic rings. The van der Waals surface area contributed by atoms with Crippen molar-refractivity contribution in [3.63, 3.8) is 0 Å². The number of aryl methyl sites for hydroxylation is 2. The van der Waals surface area contributed by atoms with Crippen LogP contribution in [0.4, 0.5) is 5.69 Å². The Morgan fingerprint density at radius 2 is 1.86 bits per heavy atom. The Morgan fingerprint density at radius 3 is 2.64 bits per heavy atom. The largest absolute Gasteiger partial charge is 0.436 e. The fourth-order valence-corrected chi connectivity index (χ4v) is 2.85. The van der Waals surface area contributed by atoms with Gasteiger partial charge in [-0.2, -0.15) is 4.98 Å². The Kier molecular flexibility index (Phi) is 5.14. The molecule has 1 amide bonds. The molecule has 0 fully saturated rings. The minimum atomic E-state index is -0.107. The van der Waals surface area contributed by atoms with Gasteiger partial charge in [0.1, 0.15) is 5.52 Å². The number of carbonyl (C=O) groups excluding carboxylic acids is 1. The first-order valence-electron chi connectivity index (χ1n) is 9.28. The lowest BCUT2D eigenvalue weighted by molar-refractivity contribution is -0.116. The Balaban J connectivity index is 1.35. The SMILES string of the molecule is CCCc1noc(CCC(=O)Nc2ccc(-c3nc4ccccc4o3)cc2)n1. The summed E-state index contributed by atoms with van der Waals surface area (Å²) in [6, 6.07) is 15.0. The minimum Gasteiger partial charge on any atom is -0.436 e. The molecule has 0 aliphatic carbocycles. The molecule has 0 unspecified atom stereocenters. The first-order chi connectivity index (χ1) is 13.7. The Labute approximate surface area is 161 Å². The standard InChI is InChI=1S/C21H20N4O3/c1-2-5-18-24-20(28-25-18)13-12-19(26)22-15-10-8-14(9-11-15)21-23-16-6-3-4-7-17(16)27-21/h3-4,6-11H,2,5,12-13H2,1H3,(H,22,26). The molecule has 4 rings (SSSR count). The summed E-state index contributed by atoms with van der Waals surface area (Å²) in [5.41, 5.74) is 3.13. The van der Waals surface area contributed by atoms with E-state index in [2.05, 4.69) is 27.4 Å². The molecule has 2 aromatic carbocycles. The first-order valence-corrected chi connectivity index (χ1v) is 9.28. The van der Waals surface area contributed by atoms with Gasteiger partial charge in [-0.3, -0.25) is 4.79 Å². The molecular formula is C21H20N4O3. The molecule has 0 saturated heterocycles.